The molecule has 3 heteroatoms. The average molecular weight is 288 g/mol. The number of hydrogen-bond donors (Lipinski definition) is 1. The van der Waals surface area contributed by atoms with Crippen molar-refractivity contribution in [1.29, 1.82) is 0 Å². The van der Waals surface area contributed by atoms with Gasteiger partial charge in [0.1, 0.15) is 5.67 Å². The van der Waals surface area contributed by atoms with Gasteiger partial charge in [-0.3, -0.25) is 0 Å². The third-order valence-electron chi connectivity index (χ3n) is 2.80. The van der Waals surface area contributed by atoms with E-state index in [1.54, 1.807) is 13.8 Å². The van der Waals surface area contributed by atoms with E-state index in [2.05, 4.69) is 22.9 Å². The Morgan fingerprint density at radius 1 is 1.44 bits per heavy atom. The second-order valence-corrected chi connectivity index (χ2v) is 5.54. The van der Waals surface area contributed by atoms with Gasteiger partial charge in [-0.2, -0.15) is 0 Å². The summed E-state index contributed by atoms with van der Waals surface area (Å²) in [5.41, 5.74) is 6.11. The van der Waals surface area contributed by atoms with E-state index in [4.69, 9.17) is 5.73 Å². The fourth-order valence-corrected chi connectivity index (χ4v) is 2.60. The third kappa shape index (κ3) is 3.29. The molecule has 1 aromatic rings. The Hall–Kier alpha value is -0.410. The predicted octanol–water partition coefficient (Wildman–Crippen LogP) is 4.11. The molecule has 0 aromatic heterocycles. The van der Waals surface area contributed by atoms with Crippen molar-refractivity contribution in [1.82, 2.24) is 0 Å². The summed E-state index contributed by atoms with van der Waals surface area (Å²) in [6.07, 6.45) is 0.949. The van der Waals surface area contributed by atoms with Gasteiger partial charge in [0.2, 0.25) is 0 Å². The van der Waals surface area contributed by atoms with Crippen molar-refractivity contribution in [2.75, 3.05) is 6.54 Å². The maximum atomic E-state index is 13.8. The van der Waals surface area contributed by atoms with Gasteiger partial charge in [-0.05, 0) is 44.4 Å². The van der Waals surface area contributed by atoms with Crippen LogP contribution in [0, 0.1) is 0 Å². The maximum Gasteiger partial charge on any atom is 0.131 e. The first kappa shape index (κ1) is 13.7. The molecule has 0 heterocycles. The molecule has 0 spiro atoms. The summed E-state index contributed by atoms with van der Waals surface area (Å²) in [4.78, 5) is 0. The second kappa shape index (κ2) is 5.28. The molecule has 1 atom stereocenters. The molecule has 0 aliphatic rings. The molecule has 16 heavy (non-hydrogen) atoms. The first-order valence-electron chi connectivity index (χ1n) is 5.55. The number of nitrogens with two attached hydrogens (primary N) is 1. The first-order chi connectivity index (χ1) is 7.36. The lowest BCUT2D eigenvalue weighted by molar-refractivity contribution is 0.220. The van der Waals surface area contributed by atoms with Gasteiger partial charge in [-0.1, -0.05) is 35.0 Å². The number of rotatable bonds is 4. The van der Waals surface area contributed by atoms with Crippen LogP contribution >= 0.6 is 15.9 Å². The van der Waals surface area contributed by atoms with E-state index in [9.17, 15) is 4.39 Å². The van der Waals surface area contributed by atoms with E-state index in [1.807, 2.05) is 18.2 Å². The Morgan fingerprint density at radius 3 is 2.50 bits per heavy atom. The third-order valence-corrected chi connectivity index (χ3v) is 3.46. The van der Waals surface area contributed by atoms with Crippen molar-refractivity contribution in [3.05, 3.63) is 33.8 Å². The topological polar surface area (TPSA) is 26.0 Å². The lowest BCUT2D eigenvalue weighted by atomic mass is 9.93. The number of hydrogen-bond acceptors (Lipinski definition) is 1. The average Bonchev–Trinajstić information content (AvgIpc) is 2.16. The minimum atomic E-state index is -1.31. The van der Waals surface area contributed by atoms with E-state index < -0.39 is 5.67 Å². The smallest absolute Gasteiger partial charge is 0.131 e. The Kier molecular flexibility index (Phi) is 4.51. The van der Waals surface area contributed by atoms with Gasteiger partial charge in [0.05, 0.1) is 0 Å². The molecular weight excluding hydrogens is 269 g/mol. The minimum absolute atomic E-state index is 0.415. The fourth-order valence-electron chi connectivity index (χ4n) is 1.74. The van der Waals surface area contributed by atoms with Crippen molar-refractivity contribution < 1.29 is 4.39 Å². The summed E-state index contributed by atoms with van der Waals surface area (Å²) < 4.78 is 14.6. The van der Waals surface area contributed by atoms with Crippen LogP contribution in [0.15, 0.2) is 22.7 Å². The van der Waals surface area contributed by atoms with Gasteiger partial charge < -0.3 is 5.73 Å². The van der Waals surface area contributed by atoms with Crippen LogP contribution in [-0.2, 0) is 5.67 Å². The summed E-state index contributed by atoms with van der Waals surface area (Å²) >= 11 is 3.43. The molecule has 0 radical (unpaired) electrons. The van der Waals surface area contributed by atoms with Crippen LogP contribution in [0.25, 0.3) is 0 Å². The molecule has 1 aromatic carbocycles. The van der Waals surface area contributed by atoms with Crippen molar-refractivity contribution in [3.8, 4) is 0 Å². The van der Waals surface area contributed by atoms with E-state index >= 15 is 0 Å². The van der Waals surface area contributed by atoms with Crippen LogP contribution in [0.3, 0.4) is 0 Å². The molecule has 0 amide bonds. The lowest BCUT2D eigenvalue weighted by Crippen LogP contribution is -2.11. The first-order valence-corrected chi connectivity index (χ1v) is 6.34. The highest BCUT2D eigenvalue weighted by Gasteiger charge is 2.22. The quantitative estimate of drug-likeness (QED) is 0.886. The van der Waals surface area contributed by atoms with Crippen LogP contribution in [0.5, 0.6) is 0 Å². The summed E-state index contributed by atoms with van der Waals surface area (Å²) in [6, 6.07) is 5.84. The molecule has 0 saturated carbocycles. The van der Waals surface area contributed by atoms with Gasteiger partial charge in [0, 0.05) is 10.0 Å². The van der Waals surface area contributed by atoms with Crippen LogP contribution in [0.2, 0.25) is 0 Å². The second-order valence-electron chi connectivity index (χ2n) is 4.69. The Bertz CT molecular complexity index is 357. The molecule has 1 nitrogen and oxygen atoms in total. The van der Waals surface area contributed by atoms with Crippen molar-refractivity contribution in [2.45, 2.75) is 38.8 Å². The van der Waals surface area contributed by atoms with Crippen LogP contribution in [0.1, 0.15) is 44.2 Å². The van der Waals surface area contributed by atoms with Crippen LogP contribution < -0.4 is 5.73 Å². The van der Waals surface area contributed by atoms with Crippen molar-refractivity contribution in [2.24, 2.45) is 5.73 Å². The number of halogens is 2. The highest BCUT2D eigenvalue weighted by Crippen LogP contribution is 2.33. The molecule has 90 valence electrons. The highest BCUT2D eigenvalue weighted by atomic mass is 79.9. The molecule has 0 aliphatic heterocycles. The summed E-state index contributed by atoms with van der Waals surface area (Å²) in [5, 5.41) is 0. The van der Waals surface area contributed by atoms with Gasteiger partial charge in [-0.15, -0.1) is 0 Å². The Balaban J connectivity index is 3.00. The van der Waals surface area contributed by atoms with E-state index in [0.717, 1.165) is 10.9 Å². The van der Waals surface area contributed by atoms with Gasteiger partial charge >= 0.3 is 0 Å². The predicted molar refractivity (Wildman–Crippen MR) is 70.4 cm³/mol. The summed E-state index contributed by atoms with van der Waals surface area (Å²) in [7, 11) is 0. The molecule has 0 bridgehead atoms. The van der Waals surface area contributed by atoms with Gasteiger partial charge in [0.25, 0.3) is 0 Å². The van der Waals surface area contributed by atoms with E-state index in [-0.39, 0.29) is 0 Å². The minimum Gasteiger partial charge on any atom is -0.330 e. The molecule has 1 unspecified atom stereocenters. The largest absolute Gasteiger partial charge is 0.330 e. The van der Waals surface area contributed by atoms with Crippen molar-refractivity contribution >= 4 is 15.9 Å². The van der Waals surface area contributed by atoms with Gasteiger partial charge in [0.15, 0.2) is 0 Å². The summed E-state index contributed by atoms with van der Waals surface area (Å²) in [5.74, 6) is 0.415. The standard InChI is InChI=1S/C13H19BrFN/c1-9(6-7-16)10-4-5-11(12(14)8-10)13(2,3)15/h4-5,8-9H,6-7,16H2,1-3H3. The molecule has 0 aliphatic carbocycles. The van der Waals surface area contributed by atoms with Gasteiger partial charge in [-0.25, -0.2) is 4.39 Å². The number of benzene rings is 1. The molecule has 1 rings (SSSR count). The number of alkyl halides is 1. The highest BCUT2D eigenvalue weighted by molar-refractivity contribution is 9.10. The van der Waals surface area contributed by atoms with Crippen molar-refractivity contribution in [3.63, 3.8) is 0 Å². The Morgan fingerprint density at radius 2 is 2.06 bits per heavy atom. The Labute approximate surface area is 105 Å². The lowest BCUT2D eigenvalue weighted by Gasteiger charge is -2.19. The summed E-state index contributed by atoms with van der Waals surface area (Å²) in [6.45, 7) is 5.94. The SMILES string of the molecule is CC(CCN)c1ccc(C(C)(C)F)c(Br)c1. The molecule has 2 N–H and O–H groups in total. The van der Waals surface area contributed by atoms with E-state index in [1.165, 1.54) is 5.56 Å². The maximum absolute atomic E-state index is 13.8. The zero-order chi connectivity index (χ0) is 12.3. The zero-order valence-electron chi connectivity index (χ0n) is 10.1. The zero-order valence-corrected chi connectivity index (χ0v) is 11.6. The normalized spacial score (nSPS) is 13.9. The van der Waals surface area contributed by atoms with Crippen LogP contribution in [-0.4, -0.2) is 6.54 Å². The molecule has 0 fully saturated rings. The molecule has 0 saturated heterocycles. The van der Waals surface area contributed by atoms with Crippen LogP contribution in [0.4, 0.5) is 4.39 Å². The van der Waals surface area contributed by atoms with E-state index in [0.29, 0.717) is 18.0 Å². The fraction of sp³-hybridized carbons (Fsp3) is 0.538. The molecular formula is C13H19BrFN. The monoisotopic (exact) mass is 287 g/mol.